The first-order valence-corrected chi connectivity index (χ1v) is 5.93. The maximum absolute atomic E-state index is 12.9. The summed E-state index contributed by atoms with van der Waals surface area (Å²) >= 11 is 5.83. The van der Waals surface area contributed by atoms with Crippen LogP contribution in [0, 0.1) is 17.1 Å². The number of halogens is 2. The van der Waals surface area contributed by atoms with Crippen LogP contribution >= 0.6 is 11.6 Å². The van der Waals surface area contributed by atoms with Crippen LogP contribution in [0.1, 0.15) is 24.8 Å². The van der Waals surface area contributed by atoms with Crippen molar-refractivity contribution in [3.8, 4) is 6.07 Å². The van der Waals surface area contributed by atoms with Gasteiger partial charge in [-0.05, 0) is 24.6 Å². The van der Waals surface area contributed by atoms with E-state index in [1.807, 2.05) is 13.0 Å². The number of hydrogen-bond donors (Lipinski definition) is 0. The van der Waals surface area contributed by atoms with Gasteiger partial charge in [0.05, 0.1) is 12.7 Å². The molecule has 0 aliphatic carbocycles. The van der Waals surface area contributed by atoms with Gasteiger partial charge >= 0.3 is 0 Å². The van der Waals surface area contributed by atoms with Gasteiger partial charge < -0.3 is 4.74 Å². The fourth-order valence-corrected chi connectivity index (χ4v) is 1.79. The normalized spacial score (nSPS) is 11.9. The largest absolute Gasteiger partial charge is 0.381 e. The van der Waals surface area contributed by atoms with Crippen molar-refractivity contribution in [1.29, 1.82) is 5.26 Å². The molecule has 96 valence electrons. The van der Waals surface area contributed by atoms with E-state index >= 15 is 0 Å². The summed E-state index contributed by atoms with van der Waals surface area (Å²) in [6.07, 6.45) is 0.139. The minimum absolute atomic E-state index is 0.0892. The highest BCUT2D eigenvalue weighted by molar-refractivity contribution is 6.31. The predicted octanol–water partition coefficient (Wildman–Crippen LogP) is 3.08. The number of carbonyl (C=O) groups excluding carboxylic acids is 1. The van der Waals surface area contributed by atoms with Crippen molar-refractivity contribution in [2.45, 2.75) is 19.3 Å². The molecule has 0 fully saturated rings. The molecule has 0 aliphatic rings. The van der Waals surface area contributed by atoms with Gasteiger partial charge in [0.25, 0.3) is 0 Å². The monoisotopic (exact) mass is 269 g/mol. The van der Waals surface area contributed by atoms with Gasteiger partial charge in [-0.25, -0.2) is 4.39 Å². The first-order valence-electron chi connectivity index (χ1n) is 5.55. The van der Waals surface area contributed by atoms with E-state index in [0.29, 0.717) is 12.2 Å². The van der Waals surface area contributed by atoms with E-state index in [0.717, 1.165) is 6.07 Å². The number of nitrogens with zero attached hydrogens (tertiary/aromatic N) is 1. The average Bonchev–Trinajstić information content (AvgIpc) is 2.33. The zero-order chi connectivity index (χ0) is 13.5. The Morgan fingerprint density at radius 1 is 1.61 bits per heavy atom. The van der Waals surface area contributed by atoms with Crippen LogP contribution in [0.15, 0.2) is 18.2 Å². The number of ether oxygens (including phenoxy) is 1. The molecule has 1 aromatic carbocycles. The van der Waals surface area contributed by atoms with Crippen LogP contribution < -0.4 is 0 Å². The number of carbonyl (C=O) groups is 1. The Morgan fingerprint density at radius 2 is 2.33 bits per heavy atom. The lowest BCUT2D eigenvalue weighted by atomic mass is 9.94. The second kappa shape index (κ2) is 7.10. The zero-order valence-electron chi connectivity index (χ0n) is 9.95. The second-order valence-electron chi connectivity index (χ2n) is 3.64. The molecule has 0 amide bonds. The van der Waals surface area contributed by atoms with Crippen LogP contribution in [-0.4, -0.2) is 19.0 Å². The topological polar surface area (TPSA) is 50.1 Å². The van der Waals surface area contributed by atoms with E-state index in [2.05, 4.69) is 0 Å². The first-order chi connectivity index (χ1) is 8.60. The Balaban J connectivity index is 2.83. The molecule has 0 heterocycles. The molecule has 0 aliphatic heterocycles. The number of rotatable bonds is 6. The van der Waals surface area contributed by atoms with E-state index in [4.69, 9.17) is 21.6 Å². The maximum atomic E-state index is 12.9. The van der Waals surface area contributed by atoms with Crippen LogP contribution in [0.2, 0.25) is 5.02 Å². The Bertz CT molecular complexity index is 471. The lowest BCUT2D eigenvalue weighted by molar-refractivity contribution is -0.120. The third kappa shape index (κ3) is 3.80. The molecule has 0 saturated heterocycles. The maximum Gasteiger partial charge on any atom is 0.156 e. The minimum Gasteiger partial charge on any atom is -0.381 e. The molecule has 1 unspecified atom stereocenters. The van der Waals surface area contributed by atoms with Crippen LogP contribution in [-0.2, 0) is 9.53 Å². The van der Waals surface area contributed by atoms with Crippen LogP contribution in [0.25, 0.3) is 0 Å². The highest BCUT2D eigenvalue weighted by Crippen LogP contribution is 2.26. The number of nitriles is 1. The van der Waals surface area contributed by atoms with E-state index in [1.165, 1.54) is 12.1 Å². The summed E-state index contributed by atoms with van der Waals surface area (Å²) in [6, 6.07) is 5.53. The molecular formula is C13H13ClFNO2. The van der Waals surface area contributed by atoms with Gasteiger partial charge in [0, 0.05) is 18.1 Å². The van der Waals surface area contributed by atoms with Crippen molar-refractivity contribution >= 4 is 17.4 Å². The second-order valence-corrected chi connectivity index (χ2v) is 4.05. The molecule has 0 N–H and O–H groups in total. The lowest BCUT2D eigenvalue weighted by Crippen LogP contribution is -2.14. The molecular weight excluding hydrogens is 257 g/mol. The molecule has 0 radical (unpaired) electrons. The molecule has 1 atom stereocenters. The molecule has 0 saturated carbocycles. The summed E-state index contributed by atoms with van der Waals surface area (Å²) < 4.78 is 18.0. The standard InChI is InChI=1S/C13H13ClFNO2/c1-2-18-6-5-13(17)11(8-16)10-4-3-9(15)7-12(10)14/h3-4,7,11H,2,5-6H2,1H3. The average molecular weight is 270 g/mol. The smallest absolute Gasteiger partial charge is 0.156 e. The minimum atomic E-state index is -0.974. The van der Waals surface area contributed by atoms with Gasteiger partial charge in [0.15, 0.2) is 5.78 Å². The van der Waals surface area contributed by atoms with Crippen molar-refractivity contribution in [1.82, 2.24) is 0 Å². The Kier molecular flexibility index (Phi) is 5.76. The van der Waals surface area contributed by atoms with Crippen molar-refractivity contribution in [3.05, 3.63) is 34.6 Å². The molecule has 18 heavy (non-hydrogen) atoms. The Hall–Kier alpha value is -1.44. The SMILES string of the molecule is CCOCCC(=O)C(C#N)c1ccc(F)cc1Cl. The highest BCUT2D eigenvalue weighted by Gasteiger charge is 2.22. The quantitative estimate of drug-likeness (QED) is 0.746. The summed E-state index contributed by atoms with van der Waals surface area (Å²) in [5.41, 5.74) is 0.335. The summed E-state index contributed by atoms with van der Waals surface area (Å²) in [4.78, 5) is 11.8. The summed E-state index contributed by atoms with van der Waals surface area (Å²) in [5, 5.41) is 9.13. The van der Waals surface area contributed by atoms with Crippen molar-refractivity contribution in [2.24, 2.45) is 0 Å². The molecule has 1 rings (SSSR count). The van der Waals surface area contributed by atoms with Gasteiger partial charge in [-0.2, -0.15) is 5.26 Å². The van der Waals surface area contributed by atoms with E-state index < -0.39 is 11.7 Å². The molecule has 0 aromatic heterocycles. The third-order valence-electron chi connectivity index (χ3n) is 2.42. The van der Waals surface area contributed by atoms with E-state index in [-0.39, 0.29) is 23.8 Å². The van der Waals surface area contributed by atoms with Gasteiger partial charge in [0.2, 0.25) is 0 Å². The molecule has 1 aromatic rings. The molecule has 0 spiro atoms. The third-order valence-corrected chi connectivity index (χ3v) is 2.75. The van der Waals surface area contributed by atoms with Gasteiger partial charge in [-0.15, -0.1) is 0 Å². The van der Waals surface area contributed by atoms with Crippen molar-refractivity contribution in [2.75, 3.05) is 13.2 Å². The van der Waals surface area contributed by atoms with Crippen LogP contribution in [0.3, 0.4) is 0 Å². The highest BCUT2D eigenvalue weighted by atomic mass is 35.5. The fourth-order valence-electron chi connectivity index (χ4n) is 1.51. The summed E-state index contributed by atoms with van der Waals surface area (Å²) in [7, 11) is 0. The Labute approximate surface area is 110 Å². The van der Waals surface area contributed by atoms with Crippen LogP contribution in [0.5, 0.6) is 0 Å². The number of ketones is 1. The van der Waals surface area contributed by atoms with Gasteiger partial charge in [-0.3, -0.25) is 4.79 Å². The first kappa shape index (κ1) is 14.6. The Morgan fingerprint density at radius 3 is 2.89 bits per heavy atom. The van der Waals surface area contributed by atoms with Gasteiger partial charge in [0.1, 0.15) is 11.7 Å². The number of Topliss-reactive ketones (excluding diaryl/α,β-unsaturated/α-hetero) is 1. The summed E-state index contributed by atoms with van der Waals surface area (Å²) in [5.74, 6) is -1.75. The van der Waals surface area contributed by atoms with Crippen molar-refractivity contribution in [3.63, 3.8) is 0 Å². The predicted molar refractivity (Wildman–Crippen MR) is 65.9 cm³/mol. The summed E-state index contributed by atoms with van der Waals surface area (Å²) in [6.45, 7) is 2.61. The molecule has 0 bridgehead atoms. The van der Waals surface area contributed by atoms with Crippen LogP contribution in [0.4, 0.5) is 4.39 Å². The lowest BCUT2D eigenvalue weighted by Gasteiger charge is -2.10. The number of hydrogen-bond acceptors (Lipinski definition) is 3. The molecule has 3 nitrogen and oxygen atoms in total. The van der Waals surface area contributed by atoms with Crippen molar-refractivity contribution < 1.29 is 13.9 Å². The van der Waals surface area contributed by atoms with E-state index in [9.17, 15) is 9.18 Å². The molecule has 5 heteroatoms. The van der Waals surface area contributed by atoms with Gasteiger partial charge in [-0.1, -0.05) is 17.7 Å². The fraction of sp³-hybridized carbons (Fsp3) is 0.385. The number of benzene rings is 1. The van der Waals surface area contributed by atoms with E-state index in [1.54, 1.807) is 0 Å². The zero-order valence-corrected chi connectivity index (χ0v) is 10.7.